The summed E-state index contributed by atoms with van der Waals surface area (Å²) < 4.78 is 0. The molecule has 340 valence electrons. The van der Waals surface area contributed by atoms with Gasteiger partial charge in [0.15, 0.2) is 5.78 Å². The number of rotatable bonds is 12. The van der Waals surface area contributed by atoms with E-state index in [9.17, 15) is 33.6 Å². The van der Waals surface area contributed by atoms with Crippen molar-refractivity contribution in [1.82, 2.24) is 0 Å². The van der Waals surface area contributed by atoms with Crippen molar-refractivity contribution in [3.05, 3.63) is 226 Å². The van der Waals surface area contributed by atoms with Gasteiger partial charge in [-0.3, -0.25) is 33.6 Å². The number of imide groups is 2. The molecular weight excluding hydrogens is 921 g/mol. The number of amides is 6. The van der Waals surface area contributed by atoms with Gasteiger partial charge < -0.3 is 22.1 Å². The molecule has 13 nitrogen and oxygen atoms in total. The van der Waals surface area contributed by atoms with Crippen molar-refractivity contribution in [2.24, 2.45) is 0 Å². The average molecular weight is 957 g/mol. The highest BCUT2D eigenvalue weighted by molar-refractivity contribution is 7.99. The lowest BCUT2D eigenvalue weighted by Crippen LogP contribution is -2.29. The van der Waals surface area contributed by atoms with E-state index in [4.69, 9.17) is 11.5 Å². The number of carbonyl (C=O) groups is 7. The predicted molar refractivity (Wildman–Crippen MR) is 270 cm³/mol. The zero-order chi connectivity index (χ0) is 48.6. The first-order chi connectivity index (χ1) is 33.9. The second-order valence-electron chi connectivity index (χ2n) is 16.1. The van der Waals surface area contributed by atoms with Crippen LogP contribution in [-0.2, 0) is 0 Å². The molecule has 2 aliphatic heterocycles. The molecule has 8 aromatic rings. The largest absolute Gasteiger partial charge is 0.399 e. The van der Waals surface area contributed by atoms with E-state index in [1.54, 1.807) is 47.8 Å². The van der Waals surface area contributed by atoms with Crippen LogP contribution < -0.4 is 31.9 Å². The summed E-state index contributed by atoms with van der Waals surface area (Å²) in [6.07, 6.45) is 0. The van der Waals surface area contributed by atoms with E-state index < -0.39 is 29.4 Å². The first-order valence-corrected chi connectivity index (χ1v) is 23.2. The van der Waals surface area contributed by atoms with Crippen LogP contribution in [0, 0.1) is 0 Å². The lowest BCUT2D eigenvalue weighted by molar-refractivity contribution is 0.0910. The summed E-state index contributed by atoms with van der Waals surface area (Å²) in [6, 6.07) is 50.1. The number of anilines is 6. The van der Waals surface area contributed by atoms with Gasteiger partial charge in [0.2, 0.25) is 0 Å². The number of ketones is 1. The molecule has 0 unspecified atom stereocenters. The van der Waals surface area contributed by atoms with Crippen molar-refractivity contribution < 1.29 is 33.6 Å². The molecule has 0 aromatic heterocycles. The van der Waals surface area contributed by atoms with Crippen LogP contribution in [0.1, 0.15) is 78.1 Å². The Balaban J connectivity index is 0.768. The quantitative estimate of drug-likeness (QED) is 0.0516. The van der Waals surface area contributed by atoms with E-state index in [1.165, 1.54) is 84.9 Å². The topological polar surface area (TPSA) is 202 Å². The van der Waals surface area contributed by atoms with E-state index in [2.05, 4.69) is 10.6 Å². The second-order valence-corrected chi connectivity index (χ2v) is 18.4. The van der Waals surface area contributed by atoms with Gasteiger partial charge in [-0.15, -0.1) is 0 Å². The number of nitrogen functional groups attached to an aromatic ring is 2. The summed E-state index contributed by atoms with van der Waals surface area (Å²) in [5, 5.41) is 5.71. The molecule has 70 heavy (non-hydrogen) atoms. The normalized spacial score (nSPS) is 12.7. The summed E-state index contributed by atoms with van der Waals surface area (Å²) in [7, 11) is 0. The van der Waals surface area contributed by atoms with E-state index in [0.29, 0.717) is 33.9 Å². The minimum atomic E-state index is -0.656. The van der Waals surface area contributed by atoms with Crippen molar-refractivity contribution in [2.75, 3.05) is 31.9 Å². The van der Waals surface area contributed by atoms with Crippen LogP contribution >= 0.6 is 23.5 Å². The maximum atomic E-state index is 13.9. The van der Waals surface area contributed by atoms with Gasteiger partial charge in [-0.2, -0.15) is 0 Å². The van der Waals surface area contributed by atoms with Crippen LogP contribution in [0.2, 0.25) is 0 Å². The fourth-order valence-electron chi connectivity index (χ4n) is 7.89. The number of hydrogen-bond donors (Lipinski definition) is 4. The van der Waals surface area contributed by atoms with Crippen LogP contribution in [0.15, 0.2) is 202 Å². The Morgan fingerprint density at radius 2 is 0.657 bits per heavy atom. The van der Waals surface area contributed by atoms with Crippen molar-refractivity contribution in [3.8, 4) is 0 Å². The number of benzene rings is 8. The average Bonchev–Trinajstić information content (AvgIpc) is 3.78. The molecule has 10 rings (SSSR count). The number of nitrogens with one attached hydrogen (secondary N) is 2. The third kappa shape index (κ3) is 8.92. The molecule has 2 heterocycles. The third-order valence-corrected chi connectivity index (χ3v) is 13.6. The molecule has 0 radical (unpaired) electrons. The summed E-state index contributed by atoms with van der Waals surface area (Å²) in [6.45, 7) is 0. The molecule has 0 saturated carbocycles. The maximum Gasteiger partial charge on any atom is 0.266 e. The molecule has 0 spiro atoms. The van der Waals surface area contributed by atoms with Crippen molar-refractivity contribution in [1.29, 1.82) is 0 Å². The second kappa shape index (κ2) is 18.6. The first-order valence-electron chi connectivity index (χ1n) is 21.6. The van der Waals surface area contributed by atoms with Gasteiger partial charge in [-0.1, -0.05) is 35.7 Å². The van der Waals surface area contributed by atoms with Crippen molar-refractivity contribution in [3.63, 3.8) is 0 Å². The molecular formula is C55H36N6O7S2. The molecule has 8 aromatic carbocycles. The summed E-state index contributed by atoms with van der Waals surface area (Å²) in [4.78, 5) is 101. The zero-order valence-corrected chi connectivity index (χ0v) is 38.2. The van der Waals surface area contributed by atoms with E-state index in [-0.39, 0.29) is 56.6 Å². The molecule has 15 heteroatoms. The lowest BCUT2D eigenvalue weighted by Gasteiger charge is -2.14. The van der Waals surface area contributed by atoms with Gasteiger partial charge >= 0.3 is 0 Å². The van der Waals surface area contributed by atoms with Crippen LogP contribution in [0.3, 0.4) is 0 Å². The van der Waals surface area contributed by atoms with Crippen LogP contribution in [0.5, 0.6) is 0 Å². The molecule has 0 fully saturated rings. The standard InChI is InChI=1S/C55H36N6O7S2/c56-35-7-19-41(20-8-35)69-43-23-11-37(12-24-43)58-50(63)31-1-15-39(16-2-31)60-52(65)45-27-5-33(29-47(45)54(60)67)49(62)34-6-28-46-48(30-34)55(68)61(53(46)66)40-17-3-32(4-18-40)51(64)59-38-13-25-44(26-14-38)70-42-21-9-36(57)10-22-42/h1-30H,56-57H2,(H,58,63)(H,59,64). The van der Waals surface area contributed by atoms with E-state index in [0.717, 1.165) is 29.4 Å². The van der Waals surface area contributed by atoms with E-state index >= 15 is 0 Å². The van der Waals surface area contributed by atoms with Crippen molar-refractivity contribution >= 4 is 98.9 Å². The fraction of sp³-hybridized carbons (Fsp3) is 0. The summed E-state index contributed by atoms with van der Waals surface area (Å²) >= 11 is 3.12. The molecule has 0 aliphatic carbocycles. The van der Waals surface area contributed by atoms with Crippen molar-refractivity contribution in [2.45, 2.75) is 19.6 Å². The smallest absolute Gasteiger partial charge is 0.266 e. The van der Waals surface area contributed by atoms with Gasteiger partial charge in [-0.05, 0) is 170 Å². The summed E-state index contributed by atoms with van der Waals surface area (Å²) in [5.41, 5.74) is 15.5. The van der Waals surface area contributed by atoms with Gasteiger partial charge in [0.25, 0.3) is 35.4 Å². The van der Waals surface area contributed by atoms with Crippen LogP contribution in [-0.4, -0.2) is 41.2 Å². The minimum Gasteiger partial charge on any atom is -0.399 e. The number of fused-ring (bicyclic) bond motifs is 2. The van der Waals surface area contributed by atoms with Gasteiger partial charge in [0, 0.05) is 64.6 Å². The first kappa shape index (κ1) is 44.8. The Kier molecular flexibility index (Phi) is 11.9. The highest BCUT2D eigenvalue weighted by Crippen LogP contribution is 2.34. The number of nitrogens with zero attached hydrogens (tertiary/aromatic N) is 2. The van der Waals surface area contributed by atoms with Gasteiger partial charge in [-0.25, -0.2) is 9.80 Å². The zero-order valence-electron chi connectivity index (χ0n) is 36.5. The summed E-state index contributed by atoms with van der Waals surface area (Å²) in [5.74, 6) is -3.82. The minimum absolute atomic E-state index is 0.00817. The lowest BCUT2D eigenvalue weighted by atomic mass is 9.96. The Labute approximate surface area is 408 Å². The molecule has 2 aliphatic rings. The molecule has 6 amide bonds. The molecule has 0 saturated heterocycles. The molecule has 0 atom stereocenters. The Morgan fingerprint density at radius 1 is 0.357 bits per heavy atom. The van der Waals surface area contributed by atoms with Gasteiger partial charge in [0.05, 0.1) is 33.6 Å². The van der Waals surface area contributed by atoms with Gasteiger partial charge in [0.1, 0.15) is 0 Å². The predicted octanol–water partition coefficient (Wildman–Crippen LogP) is 10.5. The highest BCUT2D eigenvalue weighted by atomic mass is 32.2. The Hall–Kier alpha value is -9.05. The molecule has 6 N–H and O–H groups in total. The number of hydrogen-bond acceptors (Lipinski definition) is 11. The monoisotopic (exact) mass is 956 g/mol. The third-order valence-electron chi connectivity index (χ3n) is 11.5. The maximum absolute atomic E-state index is 13.9. The highest BCUT2D eigenvalue weighted by Gasteiger charge is 2.39. The SMILES string of the molecule is Nc1ccc(Sc2ccc(NC(=O)c3ccc(N4C(=O)c5ccc(C(=O)c6ccc7c(c6)C(=O)N(c6ccc(C(=O)Nc8ccc(Sc9ccc(N)cc9)cc8)cc6)C7=O)cc5C4=O)cc3)cc2)cc1. The van der Waals surface area contributed by atoms with E-state index in [1.807, 2.05) is 72.8 Å². The Bertz CT molecular complexity index is 3230. The van der Waals surface area contributed by atoms with Crippen LogP contribution in [0.4, 0.5) is 34.1 Å². The fourth-order valence-corrected chi connectivity index (χ4v) is 9.52. The number of nitrogens with two attached hydrogens (primary N) is 2. The number of carbonyl (C=O) groups excluding carboxylic acids is 7. The van der Waals surface area contributed by atoms with Crippen LogP contribution in [0.25, 0.3) is 0 Å². The Morgan fingerprint density at radius 3 is 1.00 bits per heavy atom. The molecule has 0 bridgehead atoms.